The van der Waals surface area contributed by atoms with Gasteiger partial charge in [0.1, 0.15) is 0 Å². The van der Waals surface area contributed by atoms with E-state index in [4.69, 9.17) is 0 Å². The Labute approximate surface area is 177 Å². The van der Waals surface area contributed by atoms with Crippen LogP contribution < -0.4 is 0 Å². The van der Waals surface area contributed by atoms with Crippen LogP contribution in [0.5, 0.6) is 5.88 Å². The van der Waals surface area contributed by atoms with Gasteiger partial charge in [-0.15, -0.1) is 10.2 Å². The Hall–Kier alpha value is -2.55. The molecule has 1 aliphatic rings. The Balaban J connectivity index is 1.68. The van der Waals surface area contributed by atoms with E-state index in [9.17, 15) is 9.90 Å². The van der Waals surface area contributed by atoms with Crippen LogP contribution in [0.1, 0.15) is 10.4 Å². The summed E-state index contributed by atoms with van der Waals surface area (Å²) in [4.78, 5) is 16.9. The predicted molar refractivity (Wildman–Crippen MR) is 116 cm³/mol. The first-order valence-electron chi connectivity index (χ1n) is 9.45. The second kappa shape index (κ2) is 8.44. The number of piperazine rings is 1. The van der Waals surface area contributed by atoms with Crippen LogP contribution in [0, 0.1) is 0 Å². The van der Waals surface area contributed by atoms with Gasteiger partial charge in [0.25, 0.3) is 5.91 Å². The molecule has 1 N–H and O–H groups in total. The summed E-state index contributed by atoms with van der Waals surface area (Å²) in [6, 6.07) is 14.5. The topological polar surface area (TPSA) is 73.4 Å². The lowest BCUT2D eigenvalue weighted by Gasteiger charge is -2.32. The largest absolute Gasteiger partial charge is 0.493 e. The molecule has 1 saturated heterocycles. The highest BCUT2D eigenvalue weighted by molar-refractivity contribution is 9.10. The summed E-state index contributed by atoms with van der Waals surface area (Å²) in [5.41, 5.74) is 1.61. The van der Waals surface area contributed by atoms with E-state index in [0.717, 1.165) is 41.6 Å². The predicted octanol–water partition coefficient (Wildman–Crippen LogP) is 4.24. The SMILES string of the molecule is CN1CCN(Cn2c(O)c(N=NC(=O)c3ccccc3)c3cc(Br)ccc32)CC1. The number of hydrogen-bond acceptors (Lipinski definition) is 5. The molecule has 2 heterocycles. The summed E-state index contributed by atoms with van der Waals surface area (Å²) >= 11 is 3.48. The van der Waals surface area contributed by atoms with Gasteiger partial charge in [0.2, 0.25) is 5.88 Å². The van der Waals surface area contributed by atoms with Gasteiger partial charge in [0.05, 0.1) is 12.2 Å². The molecule has 0 radical (unpaired) electrons. The third kappa shape index (κ3) is 4.24. The number of likely N-dealkylation sites (N-methyl/N-ethyl adjacent to an activating group) is 1. The summed E-state index contributed by atoms with van der Waals surface area (Å²) in [5.74, 6) is -0.429. The van der Waals surface area contributed by atoms with Crippen molar-refractivity contribution < 1.29 is 9.90 Å². The normalized spacial score (nSPS) is 16.1. The third-order valence-electron chi connectivity index (χ3n) is 5.17. The molecule has 0 atom stereocenters. The monoisotopic (exact) mass is 455 g/mol. The van der Waals surface area contributed by atoms with Crippen molar-refractivity contribution >= 4 is 38.4 Å². The van der Waals surface area contributed by atoms with Crippen LogP contribution in [0.2, 0.25) is 0 Å². The molecule has 0 unspecified atom stereocenters. The van der Waals surface area contributed by atoms with Crippen molar-refractivity contribution in [3.8, 4) is 5.88 Å². The van der Waals surface area contributed by atoms with Crippen LogP contribution in [0.4, 0.5) is 5.69 Å². The highest BCUT2D eigenvalue weighted by atomic mass is 79.9. The van der Waals surface area contributed by atoms with Gasteiger partial charge < -0.3 is 10.0 Å². The first-order valence-corrected chi connectivity index (χ1v) is 10.2. The fourth-order valence-corrected chi connectivity index (χ4v) is 3.82. The minimum absolute atomic E-state index is 0.0154. The molecule has 150 valence electrons. The average molecular weight is 456 g/mol. The van der Waals surface area contributed by atoms with Crippen molar-refractivity contribution in [2.75, 3.05) is 33.2 Å². The van der Waals surface area contributed by atoms with Gasteiger partial charge in [-0.1, -0.05) is 34.1 Å². The number of benzene rings is 2. The van der Waals surface area contributed by atoms with E-state index >= 15 is 0 Å². The molecule has 1 amide bonds. The van der Waals surface area contributed by atoms with Crippen LogP contribution >= 0.6 is 15.9 Å². The molecule has 0 saturated carbocycles. The molecule has 4 rings (SSSR count). The standard InChI is InChI=1S/C21H22BrN5O2/c1-25-9-11-26(12-10-25)14-27-18-8-7-16(22)13-17(18)19(21(27)29)23-24-20(28)15-5-3-2-4-6-15/h2-8,13,29H,9-12,14H2,1H3. The number of fused-ring (bicyclic) bond motifs is 1. The summed E-state index contributed by atoms with van der Waals surface area (Å²) in [6.07, 6.45) is 0. The zero-order chi connectivity index (χ0) is 20.4. The number of nitrogens with zero attached hydrogens (tertiary/aromatic N) is 5. The van der Waals surface area contributed by atoms with Crippen LogP contribution in [-0.2, 0) is 6.67 Å². The maximum atomic E-state index is 12.3. The summed E-state index contributed by atoms with van der Waals surface area (Å²) < 4.78 is 2.70. The quantitative estimate of drug-likeness (QED) is 0.597. The maximum Gasteiger partial charge on any atom is 0.295 e. The molecule has 0 bridgehead atoms. The van der Waals surface area contributed by atoms with Crippen molar-refractivity contribution in [1.82, 2.24) is 14.4 Å². The zero-order valence-electron chi connectivity index (χ0n) is 16.1. The van der Waals surface area contributed by atoms with Gasteiger partial charge in [-0.25, -0.2) is 0 Å². The van der Waals surface area contributed by atoms with Crippen LogP contribution in [-0.4, -0.2) is 58.6 Å². The Kier molecular flexibility index (Phi) is 5.75. The van der Waals surface area contributed by atoms with E-state index < -0.39 is 5.91 Å². The highest BCUT2D eigenvalue weighted by Gasteiger charge is 2.21. The van der Waals surface area contributed by atoms with Gasteiger partial charge in [-0.3, -0.25) is 14.3 Å². The molecule has 1 aromatic heterocycles. The van der Waals surface area contributed by atoms with Gasteiger partial charge in [-0.2, -0.15) is 0 Å². The Bertz CT molecular complexity index is 1060. The number of aromatic hydroxyl groups is 1. The molecular formula is C21H22BrN5O2. The number of hydrogen-bond donors (Lipinski definition) is 1. The highest BCUT2D eigenvalue weighted by Crippen LogP contribution is 2.40. The van der Waals surface area contributed by atoms with Gasteiger partial charge >= 0.3 is 0 Å². The van der Waals surface area contributed by atoms with Crippen LogP contribution in [0.15, 0.2) is 63.2 Å². The second-order valence-electron chi connectivity index (χ2n) is 7.20. The number of amides is 1. The lowest BCUT2D eigenvalue weighted by Crippen LogP contribution is -2.44. The van der Waals surface area contributed by atoms with E-state index in [1.807, 2.05) is 28.8 Å². The number of carbonyl (C=O) groups is 1. The maximum absolute atomic E-state index is 12.3. The van der Waals surface area contributed by atoms with E-state index in [-0.39, 0.29) is 5.88 Å². The molecule has 0 aliphatic carbocycles. The summed E-state index contributed by atoms with van der Waals surface area (Å²) in [5, 5.41) is 19.6. The number of azo groups is 1. The summed E-state index contributed by atoms with van der Waals surface area (Å²) in [7, 11) is 2.11. The molecule has 3 aromatic rings. The van der Waals surface area contributed by atoms with Crippen LogP contribution in [0.3, 0.4) is 0 Å². The Morgan fingerprint density at radius 1 is 1.10 bits per heavy atom. The molecule has 8 heteroatoms. The fraction of sp³-hybridized carbons (Fsp3) is 0.286. The zero-order valence-corrected chi connectivity index (χ0v) is 17.7. The number of rotatable bonds is 4. The van der Waals surface area contributed by atoms with Crippen molar-refractivity contribution in [2.24, 2.45) is 10.2 Å². The second-order valence-corrected chi connectivity index (χ2v) is 8.11. The van der Waals surface area contributed by atoms with Gasteiger partial charge in [0.15, 0.2) is 5.69 Å². The fourth-order valence-electron chi connectivity index (χ4n) is 3.46. The molecule has 1 fully saturated rings. The van der Waals surface area contributed by atoms with E-state index in [1.165, 1.54) is 0 Å². The van der Waals surface area contributed by atoms with Crippen molar-refractivity contribution in [2.45, 2.75) is 6.67 Å². The third-order valence-corrected chi connectivity index (χ3v) is 5.66. The Morgan fingerprint density at radius 2 is 1.83 bits per heavy atom. The molecular weight excluding hydrogens is 434 g/mol. The lowest BCUT2D eigenvalue weighted by atomic mass is 10.2. The van der Waals surface area contributed by atoms with E-state index in [2.05, 4.69) is 43.0 Å². The minimum atomic E-state index is -0.444. The number of aromatic nitrogens is 1. The minimum Gasteiger partial charge on any atom is -0.493 e. The van der Waals surface area contributed by atoms with E-state index in [1.54, 1.807) is 24.3 Å². The number of carbonyl (C=O) groups excluding carboxylic acids is 1. The molecule has 29 heavy (non-hydrogen) atoms. The van der Waals surface area contributed by atoms with Crippen LogP contribution in [0.25, 0.3) is 10.9 Å². The molecule has 1 aliphatic heterocycles. The summed E-state index contributed by atoms with van der Waals surface area (Å²) in [6.45, 7) is 4.39. The van der Waals surface area contributed by atoms with Crippen molar-refractivity contribution in [1.29, 1.82) is 0 Å². The lowest BCUT2D eigenvalue weighted by molar-refractivity contribution is 0.0995. The van der Waals surface area contributed by atoms with Crippen molar-refractivity contribution in [3.05, 3.63) is 58.6 Å². The first-order chi connectivity index (χ1) is 14.0. The van der Waals surface area contributed by atoms with Crippen molar-refractivity contribution in [3.63, 3.8) is 0 Å². The Morgan fingerprint density at radius 3 is 2.55 bits per heavy atom. The van der Waals surface area contributed by atoms with Gasteiger partial charge in [0, 0.05) is 41.6 Å². The molecule has 0 spiro atoms. The first kappa shape index (κ1) is 19.8. The smallest absolute Gasteiger partial charge is 0.295 e. The molecule has 7 nitrogen and oxygen atoms in total. The van der Waals surface area contributed by atoms with E-state index in [0.29, 0.717) is 17.9 Å². The van der Waals surface area contributed by atoms with Gasteiger partial charge in [-0.05, 0) is 37.4 Å². The molecule has 2 aromatic carbocycles. The number of halogens is 1. The average Bonchev–Trinajstić information content (AvgIpc) is 2.99.